The number of nitrogens with one attached hydrogen (secondary N) is 3. The Bertz CT molecular complexity index is 1190. The molecule has 1 saturated heterocycles. The molecule has 0 spiro atoms. The summed E-state index contributed by atoms with van der Waals surface area (Å²) in [5.74, 6) is 1.06. The molecule has 1 saturated carbocycles. The first-order valence-corrected chi connectivity index (χ1v) is 15.3. The Labute approximate surface area is 231 Å². The molecule has 4 rings (SSSR count). The number of piperazine rings is 1. The molecule has 39 heavy (non-hydrogen) atoms. The van der Waals surface area contributed by atoms with Gasteiger partial charge in [-0.25, -0.2) is 13.4 Å². The first kappa shape index (κ1) is 29.3. The fraction of sp³-hybridized carbons (Fsp3) is 0.593. The predicted octanol–water partition coefficient (Wildman–Crippen LogP) is 2.12. The standard InChI is InChI=1S/C27H41N7O4S/c1-2-3-12-29-27-30-19-24(26(32-27)31-21-6-8-22(36)9-7-21)25(28)20-4-10-23(11-5-20)39(37,38)34-15-13-33(14-16-34)17-18-35/h4-5,10-11,19,21-22,28,35-36H,2-3,6-9,12-18H2,1H3,(H2,29,30,31,32). The van der Waals surface area contributed by atoms with E-state index in [1.165, 1.54) is 4.31 Å². The third-order valence-electron chi connectivity index (χ3n) is 7.44. The minimum atomic E-state index is -3.65. The van der Waals surface area contributed by atoms with Gasteiger partial charge in [0.2, 0.25) is 16.0 Å². The largest absolute Gasteiger partial charge is 0.395 e. The van der Waals surface area contributed by atoms with E-state index in [9.17, 15) is 13.5 Å². The molecule has 1 aliphatic heterocycles. The number of aliphatic hydroxyl groups excluding tert-OH is 2. The van der Waals surface area contributed by atoms with Crippen LogP contribution in [0.15, 0.2) is 35.4 Å². The molecular weight excluding hydrogens is 518 g/mol. The first-order chi connectivity index (χ1) is 18.8. The van der Waals surface area contributed by atoms with Gasteiger partial charge in [0.15, 0.2) is 0 Å². The number of rotatable bonds is 12. The fourth-order valence-corrected chi connectivity index (χ4v) is 6.41. The SMILES string of the molecule is CCCCNc1ncc(C(=N)c2ccc(S(=O)(=O)N3CCN(CCO)CC3)cc2)c(NC2CCC(O)CC2)n1. The van der Waals surface area contributed by atoms with E-state index >= 15 is 0 Å². The topological polar surface area (TPSA) is 155 Å². The zero-order valence-corrected chi connectivity index (χ0v) is 23.5. The number of hydrogen-bond acceptors (Lipinski definition) is 10. The highest BCUT2D eigenvalue weighted by molar-refractivity contribution is 7.89. The highest BCUT2D eigenvalue weighted by atomic mass is 32.2. The van der Waals surface area contributed by atoms with Gasteiger partial charge in [-0.05, 0) is 44.2 Å². The molecule has 0 radical (unpaired) electrons. The van der Waals surface area contributed by atoms with E-state index in [1.807, 2.05) is 4.90 Å². The van der Waals surface area contributed by atoms with Crippen molar-refractivity contribution in [1.29, 1.82) is 5.41 Å². The molecule has 2 aromatic rings. The third-order valence-corrected chi connectivity index (χ3v) is 9.35. The number of hydrogen-bond donors (Lipinski definition) is 5. The molecular formula is C27H41N7O4S. The molecule has 0 atom stereocenters. The van der Waals surface area contributed by atoms with Gasteiger partial charge in [-0.3, -0.25) is 10.3 Å². The van der Waals surface area contributed by atoms with Crippen molar-refractivity contribution in [3.05, 3.63) is 41.6 Å². The van der Waals surface area contributed by atoms with Crippen LogP contribution in [-0.2, 0) is 10.0 Å². The van der Waals surface area contributed by atoms with Crippen molar-refractivity contribution in [2.75, 3.05) is 56.5 Å². The first-order valence-electron chi connectivity index (χ1n) is 13.9. The summed E-state index contributed by atoms with van der Waals surface area (Å²) in [5, 5.41) is 34.7. The summed E-state index contributed by atoms with van der Waals surface area (Å²) in [6, 6.07) is 6.56. The Balaban J connectivity index is 1.51. The smallest absolute Gasteiger partial charge is 0.243 e. The summed E-state index contributed by atoms with van der Waals surface area (Å²) in [7, 11) is -3.65. The van der Waals surface area contributed by atoms with E-state index < -0.39 is 10.0 Å². The number of benzene rings is 1. The monoisotopic (exact) mass is 559 g/mol. The quantitative estimate of drug-likeness (QED) is 0.194. The van der Waals surface area contributed by atoms with Crippen molar-refractivity contribution in [3.8, 4) is 0 Å². The van der Waals surface area contributed by atoms with Crippen LogP contribution in [0.1, 0.15) is 56.6 Å². The van der Waals surface area contributed by atoms with Gasteiger partial charge in [0.05, 0.1) is 28.9 Å². The minimum Gasteiger partial charge on any atom is -0.395 e. The van der Waals surface area contributed by atoms with Crippen molar-refractivity contribution in [1.82, 2.24) is 19.2 Å². The third kappa shape index (κ3) is 7.52. The van der Waals surface area contributed by atoms with Gasteiger partial charge in [-0.1, -0.05) is 25.5 Å². The molecule has 0 amide bonds. The number of β-amino-alcohol motifs (C(OH)–C–C–N with tert-alkyl or cyclic N) is 1. The van der Waals surface area contributed by atoms with Gasteiger partial charge >= 0.3 is 0 Å². The van der Waals surface area contributed by atoms with Crippen LogP contribution in [0.3, 0.4) is 0 Å². The van der Waals surface area contributed by atoms with Crippen LogP contribution >= 0.6 is 0 Å². The Morgan fingerprint density at radius 2 is 1.79 bits per heavy atom. The fourth-order valence-electron chi connectivity index (χ4n) is 4.98. The second-order valence-electron chi connectivity index (χ2n) is 10.3. The number of anilines is 2. The van der Waals surface area contributed by atoms with Crippen molar-refractivity contribution in [3.63, 3.8) is 0 Å². The molecule has 2 heterocycles. The Morgan fingerprint density at radius 3 is 2.44 bits per heavy atom. The van der Waals surface area contributed by atoms with Gasteiger partial charge in [0, 0.05) is 57.1 Å². The number of unbranched alkanes of at least 4 members (excludes halogenated alkanes) is 1. The highest BCUT2D eigenvalue weighted by Gasteiger charge is 2.28. The molecule has 1 aliphatic carbocycles. The van der Waals surface area contributed by atoms with Crippen LogP contribution in [0.4, 0.5) is 11.8 Å². The zero-order chi connectivity index (χ0) is 27.8. The molecule has 5 N–H and O–H groups in total. The highest BCUT2D eigenvalue weighted by Crippen LogP contribution is 2.26. The van der Waals surface area contributed by atoms with Crippen LogP contribution in [-0.4, -0.2) is 102 Å². The zero-order valence-electron chi connectivity index (χ0n) is 22.6. The van der Waals surface area contributed by atoms with E-state index in [0.29, 0.717) is 55.6 Å². The van der Waals surface area contributed by atoms with Gasteiger partial charge in [0.1, 0.15) is 5.82 Å². The van der Waals surface area contributed by atoms with E-state index in [2.05, 4.69) is 27.5 Å². The van der Waals surface area contributed by atoms with E-state index in [4.69, 9.17) is 10.5 Å². The van der Waals surface area contributed by atoms with Crippen LogP contribution in [0.25, 0.3) is 0 Å². The maximum absolute atomic E-state index is 13.2. The van der Waals surface area contributed by atoms with E-state index in [0.717, 1.165) is 45.1 Å². The average molecular weight is 560 g/mol. The van der Waals surface area contributed by atoms with Crippen molar-refractivity contribution in [2.24, 2.45) is 0 Å². The molecule has 214 valence electrons. The lowest BCUT2D eigenvalue weighted by Gasteiger charge is -2.33. The Kier molecular flexibility index (Phi) is 10.2. The average Bonchev–Trinajstić information content (AvgIpc) is 2.95. The lowest BCUT2D eigenvalue weighted by atomic mass is 9.93. The van der Waals surface area contributed by atoms with Crippen LogP contribution in [0.2, 0.25) is 0 Å². The Morgan fingerprint density at radius 1 is 1.10 bits per heavy atom. The minimum absolute atomic E-state index is 0.0598. The summed E-state index contributed by atoms with van der Waals surface area (Å²) >= 11 is 0. The molecule has 1 aromatic carbocycles. The maximum atomic E-state index is 13.2. The maximum Gasteiger partial charge on any atom is 0.243 e. The number of aliphatic hydroxyl groups is 2. The van der Waals surface area contributed by atoms with Crippen molar-refractivity contribution >= 4 is 27.5 Å². The summed E-state index contributed by atoms with van der Waals surface area (Å²) < 4.78 is 27.9. The normalized spacial score (nSPS) is 21.0. The van der Waals surface area contributed by atoms with Crippen LogP contribution in [0.5, 0.6) is 0 Å². The lowest BCUT2D eigenvalue weighted by Crippen LogP contribution is -2.49. The number of sulfonamides is 1. The molecule has 11 nitrogen and oxygen atoms in total. The van der Waals surface area contributed by atoms with Crippen molar-refractivity contribution < 1.29 is 18.6 Å². The second-order valence-corrected chi connectivity index (χ2v) is 12.2. The Hall–Kier alpha value is -2.64. The van der Waals surface area contributed by atoms with Gasteiger partial charge < -0.3 is 20.8 Å². The van der Waals surface area contributed by atoms with Gasteiger partial charge in [0.25, 0.3) is 0 Å². The van der Waals surface area contributed by atoms with Crippen LogP contribution in [0, 0.1) is 5.41 Å². The van der Waals surface area contributed by atoms with E-state index in [-0.39, 0.29) is 29.4 Å². The van der Waals surface area contributed by atoms with Gasteiger partial charge in [-0.15, -0.1) is 0 Å². The van der Waals surface area contributed by atoms with Gasteiger partial charge in [-0.2, -0.15) is 9.29 Å². The second kappa shape index (κ2) is 13.6. The summed E-state index contributed by atoms with van der Waals surface area (Å²) in [5.41, 5.74) is 1.31. The van der Waals surface area contributed by atoms with Crippen molar-refractivity contribution in [2.45, 2.75) is 62.5 Å². The molecule has 2 aliphatic rings. The molecule has 12 heteroatoms. The summed E-state index contributed by atoms with van der Waals surface area (Å²) in [6.07, 6.45) is 6.51. The summed E-state index contributed by atoms with van der Waals surface area (Å²) in [4.78, 5) is 11.4. The lowest BCUT2D eigenvalue weighted by molar-refractivity contribution is 0.126. The van der Waals surface area contributed by atoms with E-state index in [1.54, 1.807) is 30.5 Å². The molecule has 1 aromatic heterocycles. The number of aromatic nitrogens is 2. The molecule has 0 unspecified atom stereocenters. The molecule has 2 fully saturated rings. The molecule has 0 bridgehead atoms. The van der Waals surface area contributed by atoms with Crippen LogP contribution < -0.4 is 10.6 Å². The number of nitrogens with zero attached hydrogens (tertiary/aromatic N) is 4. The summed E-state index contributed by atoms with van der Waals surface area (Å²) in [6.45, 7) is 5.41. The predicted molar refractivity (Wildman–Crippen MR) is 152 cm³/mol.